The summed E-state index contributed by atoms with van der Waals surface area (Å²) in [6.07, 6.45) is 11.6. The van der Waals surface area contributed by atoms with Crippen LogP contribution in [0.3, 0.4) is 0 Å². The van der Waals surface area contributed by atoms with E-state index in [0.29, 0.717) is 17.2 Å². The Balaban J connectivity index is 1.81. The number of rotatable bonds is 7. The van der Waals surface area contributed by atoms with E-state index in [-0.39, 0.29) is 0 Å². The molecule has 0 saturated carbocycles. The summed E-state index contributed by atoms with van der Waals surface area (Å²) in [5.74, 6) is 0.672. The van der Waals surface area contributed by atoms with Crippen LogP contribution >= 0.6 is 11.3 Å². The van der Waals surface area contributed by atoms with Crippen molar-refractivity contribution in [2.24, 2.45) is 5.73 Å². The first-order valence-corrected chi connectivity index (χ1v) is 11.8. The third-order valence-electron chi connectivity index (χ3n) is 5.40. The number of pyridine rings is 1. The molecule has 7 heteroatoms. The molecule has 4 rings (SSSR count). The maximum Gasteiger partial charge on any atom is 0.161 e. The molecule has 4 N–H and O–H groups in total. The van der Waals surface area contributed by atoms with Gasteiger partial charge in [0, 0.05) is 26.7 Å². The van der Waals surface area contributed by atoms with Gasteiger partial charge in [-0.05, 0) is 69.7 Å². The van der Waals surface area contributed by atoms with Crippen LogP contribution in [0.25, 0.3) is 33.7 Å². The largest absolute Gasteiger partial charge is 0.399 e. The highest BCUT2D eigenvalue weighted by Crippen LogP contribution is 2.33. The van der Waals surface area contributed by atoms with Gasteiger partial charge in [-0.2, -0.15) is 5.10 Å². The Labute approximate surface area is 203 Å². The molecule has 0 fully saturated rings. The lowest BCUT2D eigenvalue weighted by atomic mass is 10.1. The minimum atomic E-state index is 0.581. The monoisotopic (exact) mass is 468 g/mol. The molecule has 0 aliphatic rings. The van der Waals surface area contributed by atoms with Crippen LogP contribution < -0.4 is 5.73 Å². The van der Waals surface area contributed by atoms with Gasteiger partial charge in [0.25, 0.3) is 0 Å². The van der Waals surface area contributed by atoms with Crippen LogP contribution in [-0.4, -0.2) is 25.1 Å². The van der Waals surface area contributed by atoms with Crippen LogP contribution in [0.5, 0.6) is 0 Å². The van der Waals surface area contributed by atoms with Gasteiger partial charge >= 0.3 is 0 Å². The molecule has 172 valence electrons. The van der Waals surface area contributed by atoms with Gasteiger partial charge in [0.15, 0.2) is 11.5 Å². The predicted molar refractivity (Wildman–Crippen MR) is 143 cm³/mol. The van der Waals surface area contributed by atoms with E-state index in [1.807, 2.05) is 57.2 Å². The fraction of sp³-hybridized carbons (Fsp3) is 0.148. The summed E-state index contributed by atoms with van der Waals surface area (Å²) in [4.78, 5) is 15.7. The van der Waals surface area contributed by atoms with Gasteiger partial charge in [0.1, 0.15) is 5.52 Å². The summed E-state index contributed by atoms with van der Waals surface area (Å²) in [5, 5.41) is 7.61. The standard InChI is InChI=1S/C27H28N6S/c1-6-9-10-20(23-14-11-16(4)34-23)24-17(5)29-27(31-24)26-25-22(32-33-26)13-12-21(30-25)18(7-2)15-19(28)8-3/h6-15H,3,28H2,1-2,4-5H3,(H,29,31)(H,32,33)/b9-6-,18-7+,19-15+,20-10-. The van der Waals surface area contributed by atoms with Crippen molar-refractivity contribution in [3.8, 4) is 11.5 Å². The van der Waals surface area contributed by atoms with E-state index in [0.717, 1.165) is 39.3 Å². The second-order valence-corrected chi connectivity index (χ2v) is 9.12. The van der Waals surface area contributed by atoms with E-state index < -0.39 is 0 Å². The minimum absolute atomic E-state index is 0.581. The SMILES string of the molecule is C=C/C(N)=C\C(=C/C)c1ccc2[nH]nc(-c3nc(/C(=C\C=C/C)c4ccc(C)s4)c(C)[nH]3)c2n1. The van der Waals surface area contributed by atoms with Crippen molar-refractivity contribution in [3.05, 3.63) is 99.8 Å². The molecule has 4 aromatic rings. The first-order chi connectivity index (χ1) is 16.4. The van der Waals surface area contributed by atoms with Crippen molar-refractivity contribution < 1.29 is 0 Å². The molecule has 0 unspecified atom stereocenters. The van der Waals surface area contributed by atoms with E-state index in [1.165, 1.54) is 9.75 Å². The fourth-order valence-electron chi connectivity index (χ4n) is 3.65. The zero-order valence-corrected chi connectivity index (χ0v) is 20.6. The molecule has 34 heavy (non-hydrogen) atoms. The normalized spacial score (nSPS) is 13.4. The van der Waals surface area contributed by atoms with E-state index in [9.17, 15) is 0 Å². The van der Waals surface area contributed by atoms with Crippen LogP contribution in [0.4, 0.5) is 0 Å². The molecule has 0 saturated heterocycles. The molecule has 0 radical (unpaired) electrons. The summed E-state index contributed by atoms with van der Waals surface area (Å²) < 4.78 is 0. The Bertz CT molecular complexity index is 1470. The number of imidazole rings is 1. The summed E-state index contributed by atoms with van der Waals surface area (Å²) in [5.41, 5.74) is 13.5. The highest BCUT2D eigenvalue weighted by Gasteiger charge is 2.19. The second kappa shape index (κ2) is 9.89. The van der Waals surface area contributed by atoms with E-state index >= 15 is 0 Å². The third-order valence-corrected chi connectivity index (χ3v) is 6.43. The molecule has 0 aliphatic carbocycles. The maximum atomic E-state index is 5.96. The molecule has 0 atom stereocenters. The number of hydrogen-bond acceptors (Lipinski definition) is 5. The topological polar surface area (TPSA) is 96.3 Å². The van der Waals surface area contributed by atoms with Crippen LogP contribution in [0.1, 0.15) is 40.7 Å². The molecule has 4 heterocycles. The Hall–Kier alpha value is -3.97. The number of nitrogens with two attached hydrogens (primary N) is 1. The summed E-state index contributed by atoms with van der Waals surface area (Å²) >= 11 is 1.75. The molecule has 0 aromatic carbocycles. The maximum absolute atomic E-state index is 5.96. The first-order valence-electron chi connectivity index (χ1n) is 11.0. The Morgan fingerprint density at radius 3 is 2.62 bits per heavy atom. The van der Waals surface area contributed by atoms with Crippen molar-refractivity contribution in [2.45, 2.75) is 27.7 Å². The van der Waals surface area contributed by atoms with Crippen LogP contribution in [0.2, 0.25) is 0 Å². The number of allylic oxidation sites excluding steroid dienone is 7. The number of hydrogen-bond donors (Lipinski definition) is 3. The number of nitrogens with one attached hydrogen (secondary N) is 2. The molecule has 0 aliphatic heterocycles. The Morgan fingerprint density at radius 2 is 1.94 bits per heavy atom. The molecule has 0 amide bonds. The average Bonchev–Trinajstić information content (AvgIpc) is 3.55. The van der Waals surface area contributed by atoms with Gasteiger partial charge in [-0.1, -0.05) is 30.9 Å². The highest BCUT2D eigenvalue weighted by atomic mass is 32.1. The molecule has 0 spiro atoms. The van der Waals surface area contributed by atoms with E-state index in [4.69, 9.17) is 15.7 Å². The van der Waals surface area contributed by atoms with Crippen LogP contribution in [-0.2, 0) is 0 Å². The summed E-state index contributed by atoms with van der Waals surface area (Å²) in [7, 11) is 0. The zero-order valence-electron chi connectivity index (χ0n) is 19.8. The van der Waals surface area contributed by atoms with Gasteiger partial charge in [-0.3, -0.25) is 5.10 Å². The van der Waals surface area contributed by atoms with Gasteiger partial charge in [0.05, 0.1) is 16.9 Å². The minimum Gasteiger partial charge on any atom is -0.399 e. The molecule has 0 bridgehead atoms. The van der Waals surface area contributed by atoms with Crippen molar-refractivity contribution in [1.29, 1.82) is 0 Å². The van der Waals surface area contributed by atoms with Crippen molar-refractivity contribution in [2.75, 3.05) is 0 Å². The molecular weight excluding hydrogens is 440 g/mol. The number of aryl methyl sites for hydroxylation is 2. The van der Waals surface area contributed by atoms with Crippen molar-refractivity contribution >= 4 is 33.5 Å². The molecular formula is C27H28N6S. The number of H-pyrrole nitrogens is 2. The lowest BCUT2D eigenvalue weighted by molar-refractivity contribution is 1.10. The van der Waals surface area contributed by atoms with E-state index in [2.05, 4.69) is 46.9 Å². The number of aromatic nitrogens is 5. The number of nitrogens with zero attached hydrogens (tertiary/aromatic N) is 3. The highest BCUT2D eigenvalue weighted by molar-refractivity contribution is 7.13. The number of aromatic amines is 2. The lowest BCUT2D eigenvalue weighted by Gasteiger charge is -2.03. The lowest BCUT2D eigenvalue weighted by Crippen LogP contribution is -1.95. The van der Waals surface area contributed by atoms with E-state index in [1.54, 1.807) is 17.4 Å². The molecule has 4 aromatic heterocycles. The Morgan fingerprint density at radius 1 is 1.12 bits per heavy atom. The average molecular weight is 469 g/mol. The summed E-state index contributed by atoms with van der Waals surface area (Å²) in [6, 6.07) is 8.19. The third kappa shape index (κ3) is 4.56. The summed E-state index contributed by atoms with van der Waals surface area (Å²) in [6.45, 7) is 11.8. The first kappa shape index (κ1) is 23.2. The zero-order chi connectivity index (χ0) is 24.2. The number of fused-ring (bicyclic) bond motifs is 1. The fourth-order valence-corrected chi connectivity index (χ4v) is 4.55. The van der Waals surface area contributed by atoms with Crippen LogP contribution in [0, 0.1) is 13.8 Å². The predicted octanol–water partition coefficient (Wildman–Crippen LogP) is 6.47. The van der Waals surface area contributed by atoms with Gasteiger partial charge < -0.3 is 10.7 Å². The van der Waals surface area contributed by atoms with Gasteiger partial charge in [0.2, 0.25) is 0 Å². The van der Waals surface area contributed by atoms with Crippen LogP contribution in [0.15, 0.2) is 73.0 Å². The van der Waals surface area contributed by atoms with Gasteiger partial charge in [-0.15, -0.1) is 11.3 Å². The Kier molecular flexibility index (Phi) is 6.75. The second-order valence-electron chi connectivity index (χ2n) is 7.83. The quantitative estimate of drug-likeness (QED) is 0.271. The molecule has 6 nitrogen and oxygen atoms in total. The van der Waals surface area contributed by atoms with Crippen molar-refractivity contribution in [1.82, 2.24) is 25.1 Å². The smallest absolute Gasteiger partial charge is 0.161 e. The number of thiophene rings is 1. The van der Waals surface area contributed by atoms with Gasteiger partial charge in [-0.25, -0.2) is 9.97 Å². The van der Waals surface area contributed by atoms with Crippen molar-refractivity contribution in [3.63, 3.8) is 0 Å².